The Kier molecular flexibility index (Phi) is 4.82. The van der Waals surface area contributed by atoms with Crippen molar-refractivity contribution in [1.29, 1.82) is 0 Å². The van der Waals surface area contributed by atoms with E-state index in [2.05, 4.69) is 5.32 Å². The molecule has 5 heteroatoms. The molecule has 0 saturated carbocycles. The average molecular weight is 282 g/mol. The lowest BCUT2D eigenvalue weighted by molar-refractivity contribution is 0.0743. The van der Waals surface area contributed by atoms with E-state index in [0.717, 1.165) is 19.5 Å². The first-order chi connectivity index (χ1) is 9.13. The smallest absolute Gasteiger partial charge is 0.253 e. The van der Waals surface area contributed by atoms with Crippen LogP contribution >= 0.6 is 11.8 Å². The van der Waals surface area contributed by atoms with Gasteiger partial charge in [-0.25, -0.2) is 4.39 Å². The number of nitrogens with one attached hydrogen (secondary N) is 1. The molecule has 104 valence electrons. The molecule has 19 heavy (non-hydrogen) atoms. The minimum absolute atomic E-state index is 0.0314. The van der Waals surface area contributed by atoms with Crippen LogP contribution in [0.15, 0.2) is 18.2 Å². The summed E-state index contributed by atoms with van der Waals surface area (Å²) in [5.41, 5.74) is 1.16. The Labute approximate surface area is 117 Å². The third-order valence-electron chi connectivity index (χ3n) is 3.49. The van der Waals surface area contributed by atoms with Crippen LogP contribution in [-0.4, -0.2) is 43.2 Å². The predicted octanol–water partition coefficient (Wildman–Crippen LogP) is 2.12. The van der Waals surface area contributed by atoms with Crippen LogP contribution in [0.4, 0.5) is 4.39 Å². The van der Waals surface area contributed by atoms with Gasteiger partial charge in [0.05, 0.1) is 0 Å². The van der Waals surface area contributed by atoms with Crippen molar-refractivity contribution in [2.24, 2.45) is 0 Å². The molecule has 1 atom stereocenters. The number of nitrogens with zero attached hydrogens (tertiary/aromatic N) is 1. The SMILES string of the molecule is CSCc1cc(C(=O)N(C)[C@@H]2CCNC2)ccc1F. The highest BCUT2D eigenvalue weighted by atomic mass is 32.2. The van der Waals surface area contributed by atoms with E-state index >= 15 is 0 Å². The summed E-state index contributed by atoms with van der Waals surface area (Å²) in [6.07, 6.45) is 2.89. The second-order valence-corrected chi connectivity index (χ2v) is 5.67. The van der Waals surface area contributed by atoms with Crippen molar-refractivity contribution in [3.05, 3.63) is 35.1 Å². The highest BCUT2D eigenvalue weighted by Crippen LogP contribution is 2.18. The second-order valence-electron chi connectivity index (χ2n) is 4.80. The molecule has 0 unspecified atom stereocenters. The Bertz CT molecular complexity index is 461. The predicted molar refractivity (Wildman–Crippen MR) is 77.0 cm³/mol. The molecular weight excluding hydrogens is 263 g/mol. The molecule has 0 aromatic heterocycles. The lowest BCUT2D eigenvalue weighted by Gasteiger charge is -2.24. The number of carbonyl (C=O) groups is 1. The maximum Gasteiger partial charge on any atom is 0.253 e. The van der Waals surface area contributed by atoms with Gasteiger partial charge >= 0.3 is 0 Å². The van der Waals surface area contributed by atoms with Crippen LogP contribution in [-0.2, 0) is 5.75 Å². The topological polar surface area (TPSA) is 32.3 Å². The highest BCUT2D eigenvalue weighted by Gasteiger charge is 2.24. The fraction of sp³-hybridized carbons (Fsp3) is 0.500. The van der Waals surface area contributed by atoms with Crippen molar-refractivity contribution in [3.8, 4) is 0 Å². The molecular formula is C14H19FN2OS. The number of thioether (sulfide) groups is 1. The number of hydrogen-bond acceptors (Lipinski definition) is 3. The maximum atomic E-state index is 13.6. The van der Waals surface area contributed by atoms with Gasteiger partial charge in [0, 0.05) is 31.0 Å². The minimum atomic E-state index is -0.240. The lowest BCUT2D eigenvalue weighted by atomic mass is 10.1. The van der Waals surface area contributed by atoms with Crippen LogP contribution in [0.2, 0.25) is 0 Å². The Hall–Kier alpha value is -1.07. The third kappa shape index (κ3) is 3.28. The Morgan fingerprint density at radius 2 is 2.37 bits per heavy atom. The van der Waals surface area contributed by atoms with E-state index in [4.69, 9.17) is 0 Å². The van der Waals surface area contributed by atoms with E-state index in [1.54, 1.807) is 28.8 Å². The van der Waals surface area contributed by atoms with Crippen LogP contribution in [0.1, 0.15) is 22.3 Å². The van der Waals surface area contributed by atoms with Gasteiger partial charge in [0.2, 0.25) is 0 Å². The summed E-state index contributed by atoms with van der Waals surface area (Å²) < 4.78 is 13.6. The Morgan fingerprint density at radius 1 is 1.58 bits per heavy atom. The standard InChI is InChI=1S/C14H19FN2OS/c1-17(12-5-6-16-8-12)14(18)10-3-4-13(15)11(7-10)9-19-2/h3-4,7,12,16H,5-6,8-9H2,1-2H3/t12-/m1/s1. The van der Waals surface area contributed by atoms with Gasteiger partial charge in [0.25, 0.3) is 5.91 Å². The third-order valence-corrected chi connectivity index (χ3v) is 4.09. The molecule has 3 nitrogen and oxygen atoms in total. The first-order valence-corrected chi connectivity index (χ1v) is 7.78. The minimum Gasteiger partial charge on any atom is -0.337 e. The molecule has 0 bridgehead atoms. The maximum absolute atomic E-state index is 13.6. The number of amides is 1. The fourth-order valence-corrected chi connectivity index (χ4v) is 2.85. The molecule has 1 fully saturated rings. The number of benzene rings is 1. The van der Waals surface area contributed by atoms with Crippen LogP contribution < -0.4 is 5.32 Å². The van der Waals surface area contributed by atoms with Crippen LogP contribution in [0, 0.1) is 5.82 Å². The van der Waals surface area contributed by atoms with Gasteiger partial charge in [0.1, 0.15) is 5.82 Å². The van der Waals surface area contributed by atoms with E-state index in [-0.39, 0.29) is 17.8 Å². The number of halogens is 1. The number of carbonyl (C=O) groups excluding carboxylic acids is 1. The Balaban J connectivity index is 2.16. The summed E-state index contributed by atoms with van der Waals surface area (Å²) in [7, 11) is 1.82. The largest absolute Gasteiger partial charge is 0.337 e. The van der Waals surface area contributed by atoms with Crippen molar-refractivity contribution in [2.45, 2.75) is 18.2 Å². The van der Waals surface area contributed by atoms with Gasteiger partial charge < -0.3 is 10.2 Å². The van der Waals surface area contributed by atoms with E-state index in [1.807, 2.05) is 13.3 Å². The first kappa shape index (κ1) is 14.3. The molecule has 0 aliphatic carbocycles. The zero-order valence-electron chi connectivity index (χ0n) is 11.3. The molecule has 1 saturated heterocycles. The van der Waals surface area contributed by atoms with E-state index in [1.165, 1.54) is 6.07 Å². The first-order valence-electron chi connectivity index (χ1n) is 6.38. The molecule has 1 N–H and O–H groups in total. The summed E-state index contributed by atoms with van der Waals surface area (Å²) >= 11 is 1.55. The van der Waals surface area contributed by atoms with Crippen molar-refractivity contribution >= 4 is 17.7 Å². The van der Waals surface area contributed by atoms with Gasteiger partial charge in [-0.2, -0.15) is 11.8 Å². The van der Waals surface area contributed by atoms with Gasteiger partial charge in [-0.15, -0.1) is 0 Å². The number of rotatable bonds is 4. The molecule has 1 amide bonds. The van der Waals surface area contributed by atoms with Gasteiger partial charge in [-0.3, -0.25) is 4.79 Å². The van der Waals surface area contributed by atoms with Gasteiger partial charge in [-0.1, -0.05) is 0 Å². The molecule has 1 aromatic carbocycles. The van der Waals surface area contributed by atoms with Crippen LogP contribution in [0.3, 0.4) is 0 Å². The Morgan fingerprint density at radius 3 is 3.00 bits per heavy atom. The lowest BCUT2D eigenvalue weighted by Crippen LogP contribution is -2.38. The molecule has 0 radical (unpaired) electrons. The van der Waals surface area contributed by atoms with E-state index in [0.29, 0.717) is 16.9 Å². The zero-order chi connectivity index (χ0) is 13.8. The zero-order valence-corrected chi connectivity index (χ0v) is 12.1. The normalized spacial score (nSPS) is 18.6. The molecule has 2 rings (SSSR count). The van der Waals surface area contributed by atoms with Crippen molar-refractivity contribution in [1.82, 2.24) is 10.2 Å². The van der Waals surface area contributed by atoms with Gasteiger partial charge in [0.15, 0.2) is 0 Å². The molecule has 1 heterocycles. The number of hydrogen-bond donors (Lipinski definition) is 1. The molecule has 1 aromatic rings. The van der Waals surface area contributed by atoms with Crippen LogP contribution in [0.5, 0.6) is 0 Å². The summed E-state index contributed by atoms with van der Waals surface area (Å²) in [5, 5.41) is 3.24. The highest BCUT2D eigenvalue weighted by molar-refractivity contribution is 7.97. The summed E-state index contributed by atoms with van der Waals surface area (Å²) in [5.74, 6) is 0.314. The van der Waals surface area contributed by atoms with Crippen molar-refractivity contribution in [2.75, 3.05) is 26.4 Å². The summed E-state index contributed by atoms with van der Waals surface area (Å²) in [6.45, 7) is 1.78. The molecule has 1 aliphatic rings. The van der Waals surface area contributed by atoms with Crippen molar-refractivity contribution < 1.29 is 9.18 Å². The fourth-order valence-electron chi connectivity index (χ4n) is 2.31. The van der Waals surface area contributed by atoms with E-state index < -0.39 is 0 Å². The quantitative estimate of drug-likeness (QED) is 0.918. The second kappa shape index (κ2) is 6.39. The molecule has 0 spiro atoms. The number of likely N-dealkylation sites (N-methyl/N-ethyl adjacent to an activating group) is 1. The molecule has 1 aliphatic heterocycles. The van der Waals surface area contributed by atoms with Crippen LogP contribution in [0.25, 0.3) is 0 Å². The monoisotopic (exact) mass is 282 g/mol. The summed E-state index contributed by atoms with van der Waals surface area (Å²) in [6, 6.07) is 4.87. The summed E-state index contributed by atoms with van der Waals surface area (Å²) in [4.78, 5) is 14.1. The average Bonchev–Trinajstić information content (AvgIpc) is 2.94. The van der Waals surface area contributed by atoms with Crippen molar-refractivity contribution in [3.63, 3.8) is 0 Å². The van der Waals surface area contributed by atoms with E-state index in [9.17, 15) is 9.18 Å². The van der Waals surface area contributed by atoms with Gasteiger partial charge in [-0.05, 0) is 43.0 Å².